The number of hydrogen-bond acceptors (Lipinski definition) is 3. The minimum atomic E-state index is 0.710. The summed E-state index contributed by atoms with van der Waals surface area (Å²) >= 11 is 0. The molecule has 3 saturated heterocycles. The molecule has 15 heavy (non-hydrogen) atoms. The summed E-state index contributed by atoms with van der Waals surface area (Å²) in [5.74, 6) is 1.31. The highest BCUT2D eigenvalue weighted by atomic mass is 15.4. The second-order valence-electron chi connectivity index (χ2n) is 4.48. The molecule has 3 nitrogen and oxygen atoms in total. The van der Waals surface area contributed by atoms with Crippen LogP contribution in [0.3, 0.4) is 0 Å². The molecular formula is C12H21N3. The summed E-state index contributed by atoms with van der Waals surface area (Å²) in [7, 11) is 2.14. The number of fused-ring (bicyclic) bond motifs is 2. The van der Waals surface area contributed by atoms with Gasteiger partial charge in [0.25, 0.3) is 0 Å². The fourth-order valence-electron chi connectivity index (χ4n) is 2.44. The Morgan fingerprint density at radius 3 is 2.60 bits per heavy atom. The maximum Gasteiger partial charge on any atom is 0.104 e. The quantitative estimate of drug-likeness (QED) is 0.694. The zero-order valence-corrected chi connectivity index (χ0v) is 9.74. The van der Waals surface area contributed by atoms with E-state index in [1.807, 2.05) is 6.08 Å². The molecule has 0 aliphatic carbocycles. The molecule has 0 spiro atoms. The highest BCUT2D eigenvalue weighted by Gasteiger charge is 2.37. The Bertz CT molecular complexity index is 256. The van der Waals surface area contributed by atoms with Crippen LogP contribution in [0, 0.1) is 0 Å². The van der Waals surface area contributed by atoms with Crippen molar-refractivity contribution in [3.63, 3.8) is 0 Å². The van der Waals surface area contributed by atoms with Crippen molar-refractivity contribution in [2.24, 2.45) is 0 Å². The Morgan fingerprint density at radius 1 is 1.53 bits per heavy atom. The van der Waals surface area contributed by atoms with E-state index in [1.165, 1.54) is 12.2 Å². The molecule has 3 heterocycles. The van der Waals surface area contributed by atoms with Crippen LogP contribution in [0.5, 0.6) is 0 Å². The fraction of sp³-hybridized carbons (Fsp3) is 0.667. The Labute approximate surface area is 92.4 Å². The Kier molecular flexibility index (Phi) is 3.00. The van der Waals surface area contributed by atoms with Crippen LogP contribution in [0.4, 0.5) is 0 Å². The molecule has 3 rings (SSSR count). The molecule has 3 fully saturated rings. The topological polar surface area (TPSA) is 18.5 Å². The molecule has 2 bridgehead atoms. The second-order valence-corrected chi connectivity index (χ2v) is 4.48. The average molecular weight is 207 g/mol. The molecule has 3 aliphatic rings. The van der Waals surface area contributed by atoms with Crippen molar-refractivity contribution in [2.45, 2.75) is 25.4 Å². The second kappa shape index (κ2) is 4.27. The van der Waals surface area contributed by atoms with Gasteiger partial charge in [0.15, 0.2) is 0 Å². The number of nitrogens with zero attached hydrogens (tertiary/aromatic N) is 2. The van der Waals surface area contributed by atoms with Crippen molar-refractivity contribution >= 4 is 0 Å². The van der Waals surface area contributed by atoms with Gasteiger partial charge in [0.1, 0.15) is 5.82 Å². The molecule has 0 saturated carbocycles. The Hall–Kier alpha value is -0.960. The van der Waals surface area contributed by atoms with Crippen LogP contribution < -0.4 is 5.32 Å². The van der Waals surface area contributed by atoms with Gasteiger partial charge < -0.3 is 15.1 Å². The van der Waals surface area contributed by atoms with E-state index in [2.05, 4.69) is 41.7 Å². The number of piperidine rings is 1. The molecule has 1 N–H and O–H groups in total. The fourth-order valence-corrected chi connectivity index (χ4v) is 2.44. The molecule has 3 aliphatic heterocycles. The average Bonchev–Trinajstić information content (AvgIpc) is 2.24. The van der Waals surface area contributed by atoms with Crippen LogP contribution in [0.2, 0.25) is 0 Å². The van der Waals surface area contributed by atoms with Gasteiger partial charge in [0.2, 0.25) is 0 Å². The summed E-state index contributed by atoms with van der Waals surface area (Å²) in [4.78, 5) is 4.76. The van der Waals surface area contributed by atoms with E-state index in [0.29, 0.717) is 12.1 Å². The molecule has 0 aromatic carbocycles. The maximum atomic E-state index is 3.80. The van der Waals surface area contributed by atoms with Crippen LogP contribution in [0.15, 0.2) is 24.6 Å². The molecular weight excluding hydrogens is 186 g/mol. The lowest BCUT2D eigenvalue weighted by molar-refractivity contribution is 0.0801. The van der Waals surface area contributed by atoms with Gasteiger partial charge in [-0.15, -0.1) is 0 Å². The largest absolute Gasteiger partial charge is 0.362 e. The van der Waals surface area contributed by atoms with Gasteiger partial charge in [0, 0.05) is 38.8 Å². The molecule has 3 heteroatoms. The molecule has 0 radical (unpaired) electrons. The zero-order valence-electron chi connectivity index (χ0n) is 9.74. The highest BCUT2D eigenvalue weighted by Crippen LogP contribution is 2.24. The van der Waals surface area contributed by atoms with E-state index in [0.717, 1.165) is 19.6 Å². The first-order chi connectivity index (χ1) is 7.24. The number of allylic oxidation sites excluding steroid dienone is 2. The van der Waals surface area contributed by atoms with E-state index in [1.54, 1.807) is 0 Å². The lowest BCUT2D eigenvalue weighted by Crippen LogP contribution is -2.67. The van der Waals surface area contributed by atoms with Crippen molar-refractivity contribution in [3.05, 3.63) is 24.6 Å². The Morgan fingerprint density at radius 2 is 2.13 bits per heavy atom. The smallest absolute Gasteiger partial charge is 0.104 e. The summed E-state index contributed by atoms with van der Waals surface area (Å²) in [6, 6.07) is 1.42. The number of piperazine rings is 1. The van der Waals surface area contributed by atoms with Gasteiger partial charge in [-0.25, -0.2) is 0 Å². The van der Waals surface area contributed by atoms with Crippen molar-refractivity contribution in [1.29, 1.82) is 0 Å². The first kappa shape index (κ1) is 10.6. The van der Waals surface area contributed by atoms with Crippen LogP contribution >= 0.6 is 0 Å². The summed E-state index contributed by atoms with van der Waals surface area (Å²) < 4.78 is 0. The van der Waals surface area contributed by atoms with Gasteiger partial charge in [-0.1, -0.05) is 12.7 Å². The van der Waals surface area contributed by atoms with Crippen LogP contribution in [-0.4, -0.2) is 48.6 Å². The summed E-state index contributed by atoms with van der Waals surface area (Å²) in [6.07, 6.45) is 5.36. The van der Waals surface area contributed by atoms with Crippen molar-refractivity contribution in [2.75, 3.05) is 26.7 Å². The molecule has 2 atom stereocenters. The third-order valence-corrected chi connectivity index (χ3v) is 3.38. The van der Waals surface area contributed by atoms with Crippen LogP contribution in [-0.2, 0) is 0 Å². The van der Waals surface area contributed by atoms with Gasteiger partial charge in [-0.2, -0.15) is 0 Å². The lowest BCUT2D eigenvalue weighted by atomic mass is 9.91. The van der Waals surface area contributed by atoms with Crippen molar-refractivity contribution in [1.82, 2.24) is 15.1 Å². The summed E-state index contributed by atoms with van der Waals surface area (Å²) in [5.41, 5.74) is 0. The molecule has 84 valence electrons. The summed E-state index contributed by atoms with van der Waals surface area (Å²) in [6.45, 7) is 9.30. The molecule has 0 aromatic rings. The normalized spacial score (nSPS) is 29.7. The molecule has 0 aromatic heterocycles. The zero-order chi connectivity index (χ0) is 10.8. The SMILES string of the molecule is C=C/C=C(\N(C)CC)N1CC2CC(C1)N2. The predicted octanol–water partition coefficient (Wildman–Crippen LogP) is 1.01. The number of nitrogens with one attached hydrogen (secondary N) is 1. The molecule has 2 unspecified atom stereocenters. The van der Waals surface area contributed by atoms with Crippen LogP contribution in [0.25, 0.3) is 0 Å². The lowest BCUT2D eigenvalue weighted by Gasteiger charge is -2.50. The monoisotopic (exact) mass is 207 g/mol. The standard InChI is InChI=1S/C12H21N3/c1-4-6-12(14(3)5-2)15-8-10-7-11(9-15)13-10/h4,6,10-11,13H,1,5,7-9H2,2-3H3/b12-6+. The van der Waals surface area contributed by atoms with Gasteiger partial charge in [-0.05, 0) is 19.4 Å². The van der Waals surface area contributed by atoms with Crippen molar-refractivity contribution in [3.8, 4) is 0 Å². The van der Waals surface area contributed by atoms with E-state index >= 15 is 0 Å². The van der Waals surface area contributed by atoms with E-state index in [-0.39, 0.29) is 0 Å². The van der Waals surface area contributed by atoms with Crippen molar-refractivity contribution < 1.29 is 0 Å². The number of hydrogen-bond donors (Lipinski definition) is 1. The van der Waals surface area contributed by atoms with Gasteiger partial charge in [0.05, 0.1) is 0 Å². The van der Waals surface area contributed by atoms with Gasteiger partial charge in [-0.3, -0.25) is 0 Å². The number of rotatable bonds is 4. The van der Waals surface area contributed by atoms with E-state index in [4.69, 9.17) is 0 Å². The Balaban J connectivity index is 2.04. The third-order valence-electron chi connectivity index (χ3n) is 3.38. The van der Waals surface area contributed by atoms with E-state index in [9.17, 15) is 0 Å². The minimum absolute atomic E-state index is 0.710. The molecule has 0 amide bonds. The minimum Gasteiger partial charge on any atom is -0.362 e. The predicted molar refractivity (Wildman–Crippen MR) is 63.5 cm³/mol. The first-order valence-corrected chi connectivity index (χ1v) is 5.79. The maximum absolute atomic E-state index is 3.80. The van der Waals surface area contributed by atoms with Gasteiger partial charge >= 0.3 is 0 Å². The third kappa shape index (κ3) is 2.02. The van der Waals surface area contributed by atoms with Crippen LogP contribution in [0.1, 0.15) is 13.3 Å². The van der Waals surface area contributed by atoms with E-state index < -0.39 is 0 Å². The summed E-state index contributed by atoms with van der Waals surface area (Å²) in [5, 5.41) is 3.55. The first-order valence-electron chi connectivity index (χ1n) is 5.79. The highest BCUT2D eigenvalue weighted by molar-refractivity contribution is 5.13.